The molecule has 0 unspecified atom stereocenters. The summed E-state index contributed by atoms with van der Waals surface area (Å²) in [5.74, 6) is 1.13. The number of H-pyrrole nitrogens is 1. The van der Waals surface area contributed by atoms with Crippen molar-refractivity contribution in [2.75, 3.05) is 20.8 Å². The van der Waals surface area contributed by atoms with Gasteiger partial charge in [0.05, 0.1) is 43.4 Å². The zero-order valence-electron chi connectivity index (χ0n) is 23.6. The Morgan fingerprint density at radius 3 is 2.47 bits per heavy atom. The van der Waals surface area contributed by atoms with Gasteiger partial charge in [-0.25, -0.2) is 9.78 Å². The van der Waals surface area contributed by atoms with Crippen LogP contribution in [0.25, 0.3) is 11.3 Å². The molecule has 206 valence electrons. The summed E-state index contributed by atoms with van der Waals surface area (Å²) >= 11 is 0. The van der Waals surface area contributed by atoms with Crippen molar-refractivity contribution in [2.24, 2.45) is 5.92 Å². The summed E-state index contributed by atoms with van der Waals surface area (Å²) < 4.78 is 22.9. The van der Waals surface area contributed by atoms with Crippen molar-refractivity contribution < 1.29 is 28.4 Å². The number of alkyl carbamates (subject to hydrolysis) is 1. The molecule has 10 nitrogen and oxygen atoms in total. The second-order valence-corrected chi connectivity index (χ2v) is 11.3. The first-order valence-electron chi connectivity index (χ1n) is 13.1. The van der Waals surface area contributed by atoms with Crippen LogP contribution in [0.5, 0.6) is 5.75 Å². The van der Waals surface area contributed by atoms with Crippen LogP contribution in [0.4, 0.5) is 4.79 Å². The van der Waals surface area contributed by atoms with E-state index in [-0.39, 0.29) is 17.9 Å². The van der Waals surface area contributed by atoms with Crippen LogP contribution in [-0.4, -0.2) is 72.0 Å². The zero-order chi connectivity index (χ0) is 27.8. The lowest BCUT2D eigenvalue weighted by Gasteiger charge is -2.32. The Labute approximate surface area is 224 Å². The number of aromatic amines is 1. The first-order chi connectivity index (χ1) is 17.9. The van der Waals surface area contributed by atoms with Gasteiger partial charge >= 0.3 is 13.2 Å². The zero-order valence-corrected chi connectivity index (χ0v) is 23.6. The summed E-state index contributed by atoms with van der Waals surface area (Å²) in [4.78, 5) is 35.1. The number of benzene rings is 1. The number of hydrogen-bond acceptors (Lipinski definition) is 7. The highest BCUT2D eigenvalue weighted by atomic mass is 16.7. The van der Waals surface area contributed by atoms with Crippen LogP contribution >= 0.6 is 0 Å². The molecule has 1 aromatic carbocycles. The fourth-order valence-electron chi connectivity index (χ4n) is 4.89. The topological polar surface area (TPSA) is 115 Å². The summed E-state index contributed by atoms with van der Waals surface area (Å²) in [5, 5.41) is 2.68. The number of rotatable bonds is 7. The van der Waals surface area contributed by atoms with E-state index < -0.39 is 30.5 Å². The summed E-state index contributed by atoms with van der Waals surface area (Å²) in [5.41, 5.74) is 1.62. The van der Waals surface area contributed by atoms with E-state index in [9.17, 15) is 9.59 Å². The van der Waals surface area contributed by atoms with Gasteiger partial charge in [0, 0.05) is 17.6 Å². The predicted octanol–water partition coefficient (Wildman–Crippen LogP) is 3.43. The van der Waals surface area contributed by atoms with Crippen LogP contribution in [0.1, 0.15) is 66.3 Å². The molecule has 2 fully saturated rings. The van der Waals surface area contributed by atoms with Crippen LogP contribution in [0, 0.1) is 5.92 Å². The molecule has 2 aliphatic rings. The lowest BCUT2D eigenvalue weighted by Crippen LogP contribution is -2.51. The Kier molecular flexibility index (Phi) is 7.81. The summed E-state index contributed by atoms with van der Waals surface area (Å²) in [7, 11) is 2.38. The Balaban J connectivity index is 1.55. The fourth-order valence-corrected chi connectivity index (χ4v) is 4.89. The van der Waals surface area contributed by atoms with E-state index >= 15 is 0 Å². The van der Waals surface area contributed by atoms with E-state index in [0.29, 0.717) is 18.1 Å². The Hall–Kier alpha value is -3.05. The highest BCUT2D eigenvalue weighted by Crippen LogP contribution is 2.38. The third-order valence-electron chi connectivity index (χ3n) is 7.89. The number of amides is 2. The smallest absolute Gasteiger partial charge is 0.497 e. The molecule has 0 bridgehead atoms. The second-order valence-electron chi connectivity index (χ2n) is 11.3. The molecule has 2 aliphatic heterocycles. The van der Waals surface area contributed by atoms with Crippen molar-refractivity contribution >= 4 is 24.6 Å². The molecule has 1 aromatic heterocycles. The maximum absolute atomic E-state index is 13.4. The molecule has 0 radical (unpaired) electrons. The van der Waals surface area contributed by atoms with Crippen LogP contribution in [0.2, 0.25) is 0 Å². The maximum Gasteiger partial charge on any atom is 0.498 e. The van der Waals surface area contributed by atoms with E-state index in [2.05, 4.69) is 15.3 Å². The summed E-state index contributed by atoms with van der Waals surface area (Å²) in [6, 6.07) is 4.98. The molecule has 0 spiro atoms. The quantitative estimate of drug-likeness (QED) is 0.532. The number of likely N-dealkylation sites (tertiary alicyclic amines) is 1. The number of nitrogens with zero attached hydrogens (tertiary/aromatic N) is 2. The van der Waals surface area contributed by atoms with Gasteiger partial charge in [-0.15, -0.1) is 0 Å². The van der Waals surface area contributed by atoms with Gasteiger partial charge in [0.25, 0.3) is 0 Å². The molecule has 2 N–H and O–H groups in total. The molecule has 2 atom stereocenters. The van der Waals surface area contributed by atoms with Gasteiger partial charge in [-0.05, 0) is 52.5 Å². The van der Waals surface area contributed by atoms with E-state index in [1.807, 2.05) is 59.7 Å². The second kappa shape index (κ2) is 10.6. The number of aromatic nitrogens is 2. The normalized spacial score (nSPS) is 21.0. The lowest BCUT2D eigenvalue weighted by molar-refractivity contribution is -0.135. The van der Waals surface area contributed by atoms with Crippen LogP contribution < -0.4 is 15.5 Å². The van der Waals surface area contributed by atoms with Gasteiger partial charge in [0.2, 0.25) is 5.91 Å². The van der Waals surface area contributed by atoms with Crippen molar-refractivity contribution in [2.45, 2.75) is 77.7 Å². The number of ether oxygens (including phenoxy) is 2. The molecule has 0 saturated carbocycles. The molecule has 0 aliphatic carbocycles. The number of imidazole rings is 1. The van der Waals surface area contributed by atoms with Gasteiger partial charge < -0.3 is 34.0 Å². The third kappa shape index (κ3) is 5.26. The van der Waals surface area contributed by atoms with Crippen molar-refractivity contribution in [3.05, 3.63) is 30.2 Å². The van der Waals surface area contributed by atoms with Gasteiger partial charge in [-0.3, -0.25) is 4.79 Å². The molecular formula is C27H39BN4O6. The van der Waals surface area contributed by atoms with Crippen LogP contribution in [-0.2, 0) is 18.8 Å². The first-order valence-corrected chi connectivity index (χ1v) is 13.1. The van der Waals surface area contributed by atoms with E-state index in [1.165, 1.54) is 7.11 Å². The molecule has 3 heterocycles. The molecular weight excluding hydrogens is 487 g/mol. The Morgan fingerprint density at radius 2 is 1.87 bits per heavy atom. The Morgan fingerprint density at radius 1 is 1.18 bits per heavy atom. The minimum Gasteiger partial charge on any atom is -0.497 e. The number of carbonyl (C=O) groups excluding carboxylic acids is 2. The minimum absolute atomic E-state index is 0.0926. The molecule has 38 heavy (non-hydrogen) atoms. The highest BCUT2D eigenvalue weighted by Gasteiger charge is 2.52. The van der Waals surface area contributed by atoms with Crippen molar-refractivity contribution in [3.8, 4) is 17.0 Å². The first kappa shape index (κ1) is 28.0. The SMILES string of the molecule is COC(=O)N[C@H](C(=O)N1CCC[C@H]1c1ncc(-c2ccc(B3OC(C)(C)C(C)(C)O3)c(OC)c2)[nH]1)C(C)C. The van der Waals surface area contributed by atoms with Crippen molar-refractivity contribution in [1.82, 2.24) is 20.2 Å². The van der Waals surface area contributed by atoms with E-state index in [4.69, 9.17) is 18.8 Å². The standard InChI is InChI=1S/C27H39BN4O6/c1-16(2)22(31-25(34)36-8)24(33)32-13-9-10-20(32)23-29-15-19(30-23)17-11-12-18(21(14-17)35-7)28-37-26(3,4)27(5,6)38-28/h11-12,14-16,20,22H,9-10,13H2,1-8H3,(H,29,30)(H,31,34)/t20-,22-/m0/s1. The predicted molar refractivity (Wildman–Crippen MR) is 144 cm³/mol. The van der Waals surface area contributed by atoms with E-state index in [1.54, 1.807) is 18.2 Å². The molecule has 4 rings (SSSR count). The van der Waals surface area contributed by atoms with Gasteiger partial charge in [0.15, 0.2) is 0 Å². The number of nitrogens with one attached hydrogen (secondary N) is 2. The maximum atomic E-state index is 13.4. The largest absolute Gasteiger partial charge is 0.498 e. The van der Waals surface area contributed by atoms with Gasteiger partial charge in [-0.1, -0.05) is 26.0 Å². The lowest BCUT2D eigenvalue weighted by atomic mass is 9.78. The number of methoxy groups -OCH3 is 2. The molecule has 2 aromatic rings. The Bertz CT molecular complexity index is 1160. The number of carbonyl (C=O) groups is 2. The third-order valence-corrected chi connectivity index (χ3v) is 7.89. The van der Waals surface area contributed by atoms with Gasteiger partial charge in [-0.2, -0.15) is 0 Å². The van der Waals surface area contributed by atoms with Crippen LogP contribution in [0.15, 0.2) is 24.4 Å². The van der Waals surface area contributed by atoms with Crippen LogP contribution in [0.3, 0.4) is 0 Å². The van der Waals surface area contributed by atoms with Crippen molar-refractivity contribution in [1.29, 1.82) is 0 Å². The fraction of sp³-hybridized carbons (Fsp3) is 0.593. The number of hydrogen-bond donors (Lipinski definition) is 2. The monoisotopic (exact) mass is 526 g/mol. The summed E-state index contributed by atoms with van der Waals surface area (Å²) in [6.07, 6.45) is 2.79. The average Bonchev–Trinajstić information content (AvgIpc) is 3.59. The summed E-state index contributed by atoms with van der Waals surface area (Å²) in [6.45, 7) is 12.5. The average molecular weight is 526 g/mol. The highest BCUT2D eigenvalue weighted by molar-refractivity contribution is 6.63. The molecule has 2 saturated heterocycles. The van der Waals surface area contributed by atoms with Crippen molar-refractivity contribution in [3.63, 3.8) is 0 Å². The van der Waals surface area contributed by atoms with E-state index in [0.717, 1.165) is 29.6 Å². The minimum atomic E-state index is -0.677. The van der Waals surface area contributed by atoms with Gasteiger partial charge in [0.1, 0.15) is 17.6 Å². The molecule has 2 amide bonds. The molecule has 11 heteroatoms.